The molecule has 0 aliphatic rings. The molecule has 10 heteroatoms. The molecule has 134 valence electrons. The minimum atomic E-state index is -3.02. The minimum Gasteiger partial charge on any atom is -0.301 e. The van der Waals surface area contributed by atoms with E-state index in [1.165, 1.54) is 22.8 Å². The van der Waals surface area contributed by atoms with Crippen LogP contribution >= 0.6 is 36.4 Å². The van der Waals surface area contributed by atoms with Gasteiger partial charge in [0.15, 0.2) is 0 Å². The smallest absolute Gasteiger partial charge is 0.301 e. The van der Waals surface area contributed by atoms with E-state index in [1.807, 2.05) is 0 Å². The summed E-state index contributed by atoms with van der Waals surface area (Å²) in [6, 6.07) is 0. The van der Waals surface area contributed by atoms with E-state index >= 15 is 0 Å². The fraction of sp³-hybridized carbons (Fsp3) is 1.00. The number of rotatable bonds is 15. The molecule has 6 nitrogen and oxygen atoms in total. The largest absolute Gasteiger partial charge is 0.389 e. The molecule has 0 atom stereocenters. The van der Waals surface area contributed by atoms with Gasteiger partial charge in [-0.15, -0.1) is 0 Å². The zero-order valence-corrected chi connectivity index (χ0v) is 17.2. The predicted molar refractivity (Wildman–Crippen MR) is 95.9 cm³/mol. The normalized spacial score (nSPS) is 12.7. The van der Waals surface area contributed by atoms with Gasteiger partial charge < -0.3 is 18.1 Å². The summed E-state index contributed by atoms with van der Waals surface area (Å²) in [5.74, 6) is 1.34. The van der Waals surface area contributed by atoms with Gasteiger partial charge in [0.05, 0.1) is 26.4 Å². The van der Waals surface area contributed by atoms with Gasteiger partial charge in [-0.25, -0.2) is 9.13 Å². The predicted octanol–water partition coefficient (Wildman–Crippen LogP) is 5.60. The first kappa shape index (κ1) is 23.0. The van der Waals surface area contributed by atoms with Crippen molar-refractivity contribution in [2.24, 2.45) is 0 Å². The second-order valence-electron chi connectivity index (χ2n) is 3.94. The first-order valence-electron chi connectivity index (χ1n) is 7.52. The molecule has 0 bridgehead atoms. The third kappa shape index (κ3) is 10.7. The van der Waals surface area contributed by atoms with Crippen molar-refractivity contribution < 1.29 is 27.2 Å². The first-order chi connectivity index (χ1) is 10.4. The lowest BCUT2D eigenvalue weighted by Gasteiger charge is -2.16. The maximum absolute atomic E-state index is 12.2. The molecule has 0 rings (SSSR count). The highest BCUT2D eigenvalue weighted by Crippen LogP contribution is 2.62. The molecule has 0 aliphatic heterocycles. The zero-order valence-electron chi connectivity index (χ0n) is 13.8. The highest BCUT2D eigenvalue weighted by Gasteiger charge is 2.25. The van der Waals surface area contributed by atoms with Gasteiger partial charge in [0.25, 0.3) is 0 Å². The van der Waals surface area contributed by atoms with Crippen molar-refractivity contribution in [1.29, 1.82) is 0 Å². The van der Waals surface area contributed by atoms with Gasteiger partial charge >= 0.3 is 13.6 Å². The van der Waals surface area contributed by atoms with Gasteiger partial charge in [-0.3, -0.25) is 0 Å². The van der Waals surface area contributed by atoms with Crippen LogP contribution in [0.5, 0.6) is 0 Å². The SMILES string of the molecule is CCOP(=O)(OCC)SCCCCSP(=O)(OCC)OCC. The lowest BCUT2D eigenvalue weighted by molar-refractivity contribution is 0.236. The lowest BCUT2D eigenvalue weighted by atomic mass is 10.4. The molecule has 0 aromatic rings. The van der Waals surface area contributed by atoms with Crippen molar-refractivity contribution in [2.45, 2.75) is 40.5 Å². The van der Waals surface area contributed by atoms with Gasteiger partial charge in [-0.1, -0.05) is 0 Å². The molecule has 0 saturated carbocycles. The van der Waals surface area contributed by atoms with E-state index in [9.17, 15) is 9.13 Å². The van der Waals surface area contributed by atoms with Crippen molar-refractivity contribution >= 4 is 36.4 Å². The van der Waals surface area contributed by atoms with E-state index < -0.39 is 13.6 Å². The van der Waals surface area contributed by atoms with E-state index in [1.54, 1.807) is 27.7 Å². The van der Waals surface area contributed by atoms with E-state index in [4.69, 9.17) is 18.1 Å². The Morgan fingerprint density at radius 3 is 1.14 bits per heavy atom. The van der Waals surface area contributed by atoms with Crippen molar-refractivity contribution in [3.05, 3.63) is 0 Å². The van der Waals surface area contributed by atoms with Crippen molar-refractivity contribution in [2.75, 3.05) is 37.9 Å². The van der Waals surface area contributed by atoms with E-state index in [-0.39, 0.29) is 0 Å². The molecule has 0 heterocycles. The van der Waals surface area contributed by atoms with Crippen LogP contribution in [0.2, 0.25) is 0 Å². The Morgan fingerprint density at radius 1 is 0.636 bits per heavy atom. The maximum Gasteiger partial charge on any atom is 0.389 e. The molecule has 0 saturated heterocycles. The van der Waals surface area contributed by atoms with Crippen LogP contribution in [0.25, 0.3) is 0 Å². The molecule has 0 unspecified atom stereocenters. The Balaban J connectivity index is 3.96. The second kappa shape index (κ2) is 13.3. The molecule has 0 fully saturated rings. The van der Waals surface area contributed by atoms with Gasteiger partial charge in [-0.2, -0.15) is 0 Å². The molecule has 0 N–H and O–H groups in total. The molecule has 0 spiro atoms. The summed E-state index contributed by atoms with van der Waals surface area (Å²) >= 11 is 2.44. The molecule has 0 aliphatic carbocycles. The second-order valence-corrected chi connectivity index (χ2v) is 12.3. The number of hydrogen-bond donors (Lipinski definition) is 0. The number of unbranched alkanes of at least 4 members (excludes halogenated alkanes) is 1. The molecule has 0 radical (unpaired) electrons. The standard InChI is InChI=1S/C12H28O6P2S2/c1-5-15-19(13,16-6-2)21-11-9-10-12-22-20(14,17-7-3)18-8-4/h5-12H2,1-4H3. The molecule has 0 aromatic heterocycles. The Hall–Kier alpha value is 1.00. The number of hydrogen-bond acceptors (Lipinski definition) is 8. The van der Waals surface area contributed by atoms with Crippen molar-refractivity contribution in [3.63, 3.8) is 0 Å². The van der Waals surface area contributed by atoms with Gasteiger partial charge in [-0.05, 0) is 63.3 Å². The zero-order chi connectivity index (χ0) is 16.9. The fourth-order valence-corrected chi connectivity index (χ4v) is 8.51. The van der Waals surface area contributed by atoms with Crippen LogP contribution in [0.4, 0.5) is 0 Å². The highest BCUT2D eigenvalue weighted by atomic mass is 32.7. The first-order valence-corrected chi connectivity index (χ1v) is 13.8. The third-order valence-electron chi connectivity index (χ3n) is 2.19. The minimum absolute atomic E-state index is 0.367. The molecule has 22 heavy (non-hydrogen) atoms. The van der Waals surface area contributed by atoms with E-state index in [0.717, 1.165) is 12.8 Å². The van der Waals surface area contributed by atoms with Crippen molar-refractivity contribution in [3.8, 4) is 0 Å². The van der Waals surface area contributed by atoms with Crippen LogP contribution in [-0.2, 0) is 27.2 Å². The summed E-state index contributed by atoms with van der Waals surface area (Å²) < 4.78 is 45.2. The monoisotopic (exact) mass is 394 g/mol. The van der Waals surface area contributed by atoms with E-state index in [0.29, 0.717) is 37.9 Å². The fourth-order valence-electron chi connectivity index (χ4n) is 1.41. The molecule has 0 amide bonds. The summed E-state index contributed by atoms with van der Waals surface area (Å²) in [6.07, 6.45) is 1.67. The summed E-state index contributed by atoms with van der Waals surface area (Å²) in [7, 11) is 0. The molecular formula is C12H28O6P2S2. The van der Waals surface area contributed by atoms with Gasteiger partial charge in [0.1, 0.15) is 0 Å². The average molecular weight is 394 g/mol. The average Bonchev–Trinajstić information content (AvgIpc) is 2.44. The topological polar surface area (TPSA) is 71.1 Å². The van der Waals surface area contributed by atoms with Crippen LogP contribution in [0.1, 0.15) is 40.5 Å². The third-order valence-corrected chi connectivity index (χ3v) is 10.3. The Kier molecular flexibility index (Phi) is 13.9. The quantitative estimate of drug-likeness (QED) is 0.263. The lowest BCUT2D eigenvalue weighted by Crippen LogP contribution is -1.95. The van der Waals surface area contributed by atoms with Crippen LogP contribution in [-0.4, -0.2) is 37.9 Å². The van der Waals surface area contributed by atoms with Gasteiger partial charge in [0.2, 0.25) is 0 Å². The van der Waals surface area contributed by atoms with E-state index in [2.05, 4.69) is 0 Å². The van der Waals surface area contributed by atoms with Crippen LogP contribution in [0.3, 0.4) is 0 Å². The Bertz CT molecular complexity index is 316. The Labute approximate surface area is 142 Å². The summed E-state index contributed by atoms with van der Waals surface area (Å²) in [6.45, 7) is 2.61. The summed E-state index contributed by atoms with van der Waals surface area (Å²) in [4.78, 5) is 0. The maximum atomic E-state index is 12.2. The summed E-state index contributed by atoms with van der Waals surface area (Å²) in [5.41, 5.74) is 0. The van der Waals surface area contributed by atoms with Crippen LogP contribution in [0.15, 0.2) is 0 Å². The molecular weight excluding hydrogens is 366 g/mol. The highest BCUT2D eigenvalue weighted by molar-refractivity contribution is 8.55. The summed E-state index contributed by atoms with van der Waals surface area (Å²) in [5, 5.41) is 0. The van der Waals surface area contributed by atoms with Crippen molar-refractivity contribution in [1.82, 2.24) is 0 Å². The van der Waals surface area contributed by atoms with Crippen LogP contribution < -0.4 is 0 Å². The Morgan fingerprint density at radius 2 is 0.909 bits per heavy atom. The molecule has 0 aromatic carbocycles. The van der Waals surface area contributed by atoms with Gasteiger partial charge in [0, 0.05) is 11.5 Å². The van der Waals surface area contributed by atoms with Crippen LogP contribution in [0, 0.1) is 0 Å².